The average molecular weight is 270 g/mol. The van der Waals surface area contributed by atoms with Gasteiger partial charge < -0.3 is 10.4 Å². The molecule has 2 N–H and O–H groups in total. The van der Waals surface area contributed by atoms with E-state index in [4.69, 9.17) is 11.6 Å². The summed E-state index contributed by atoms with van der Waals surface area (Å²) < 4.78 is 0. The zero-order valence-electron chi connectivity index (χ0n) is 10.8. The van der Waals surface area contributed by atoms with E-state index in [0.717, 1.165) is 6.42 Å². The van der Waals surface area contributed by atoms with E-state index in [0.29, 0.717) is 18.0 Å². The molecule has 0 spiro atoms. The van der Waals surface area contributed by atoms with Gasteiger partial charge in [-0.05, 0) is 18.4 Å². The molecule has 1 amide bonds. The number of phenols is 1. The summed E-state index contributed by atoms with van der Waals surface area (Å²) in [6, 6.07) is 6.84. The standard InChI is InChI=1S/C14H20ClNO2/c1-10(2)7-12(15)9-16-14(18)8-11-5-3-4-6-13(11)17/h3-6,10,12,17H,7-9H2,1-2H3,(H,16,18). The van der Waals surface area contributed by atoms with Gasteiger partial charge in [0.15, 0.2) is 0 Å². The number of phenolic OH excluding ortho intramolecular Hbond substituents is 1. The molecule has 4 heteroatoms. The van der Waals surface area contributed by atoms with E-state index >= 15 is 0 Å². The van der Waals surface area contributed by atoms with Gasteiger partial charge in [-0.1, -0.05) is 32.0 Å². The fourth-order valence-corrected chi connectivity index (χ4v) is 2.15. The van der Waals surface area contributed by atoms with Crippen molar-refractivity contribution in [2.24, 2.45) is 5.92 Å². The summed E-state index contributed by atoms with van der Waals surface area (Å²) in [5.74, 6) is 0.547. The first-order chi connectivity index (χ1) is 8.49. The summed E-state index contributed by atoms with van der Waals surface area (Å²) in [6.45, 7) is 4.66. The van der Waals surface area contributed by atoms with Crippen LogP contribution in [-0.4, -0.2) is 22.9 Å². The topological polar surface area (TPSA) is 49.3 Å². The lowest BCUT2D eigenvalue weighted by atomic mass is 10.1. The van der Waals surface area contributed by atoms with Crippen LogP contribution in [0.4, 0.5) is 0 Å². The Morgan fingerprint density at radius 2 is 2.06 bits per heavy atom. The molecule has 0 aliphatic rings. The average Bonchev–Trinajstić information content (AvgIpc) is 2.29. The van der Waals surface area contributed by atoms with E-state index < -0.39 is 0 Å². The fraction of sp³-hybridized carbons (Fsp3) is 0.500. The van der Waals surface area contributed by atoms with E-state index in [1.165, 1.54) is 0 Å². The molecule has 0 saturated heterocycles. The fourth-order valence-electron chi connectivity index (χ4n) is 1.72. The van der Waals surface area contributed by atoms with Crippen LogP contribution in [0.25, 0.3) is 0 Å². The Bertz CT molecular complexity index is 393. The molecule has 0 heterocycles. The number of hydrogen-bond donors (Lipinski definition) is 2. The van der Waals surface area contributed by atoms with E-state index in [-0.39, 0.29) is 23.5 Å². The van der Waals surface area contributed by atoms with Crippen molar-refractivity contribution in [3.8, 4) is 5.75 Å². The Kier molecular flexibility index (Phi) is 5.99. The van der Waals surface area contributed by atoms with Crippen LogP contribution in [0.3, 0.4) is 0 Å². The van der Waals surface area contributed by atoms with Gasteiger partial charge in [-0.3, -0.25) is 4.79 Å². The molecule has 0 aliphatic heterocycles. The van der Waals surface area contributed by atoms with Gasteiger partial charge in [0.25, 0.3) is 0 Å². The van der Waals surface area contributed by atoms with Gasteiger partial charge in [0.1, 0.15) is 5.75 Å². The number of hydrogen-bond acceptors (Lipinski definition) is 2. The summed E-state index contributed by atoms with van der Waals surface area (Å²) in [5.41, 5.74) is 0.630. The number of rotatable bonds is 6. The van der Waals surface area contributed by atoms with Gasteiger partial charge in [0.2, 0.25) is 5.91 Å². The largest absolute Gasteiger partial charge is 0.508 e. The highest BCUT2D eigenvalue weighted by Crippen LogP contribution is 2.16. The van der Waals surface area contributed by atoms with Crippen molar-refractivity contribution in [1.29, 1.82) is 0 Å². The number of amides is 1. The first-order valence-electron chi connectivity index (χ1n) is 6.16. The smallest absolute Gasteiger partial charge is 0.224 e. The number of para-hydroxylation sites is 1. The Morgan fingerprint density at radius 3 is 2.67 bits per heavy atom. The van der Waals surface area contributed by atoms with E-state index in [9.17, 15) is 9.90 Å². The van der Waals surface area contributed by atoms with Crippen LogP contribution in [0.15, 0.2) is 24.3 Å². The van der Waals surface area contributed by atoms with Crippen LogP contribution in [0.1, 0.15) is 25.8 Å². The van der Waals surface area contributed by atoms with Gasteiger partial charge in [-0.15, -0.1) is 11.6 Å². The summed E-state index contributed by atoms with van der Waals surface area (Å²) >= 11 is 6.09. The Morgan fingerprint density at radius 1 is 1.39 bits per heavy atom. The summed E-state index contributed by atoms with van der Waals surface area (Å²) in [7, 11) is 0. The number of halogens is 1. The zero-order chi connectivity index (χ0) is 13.5. The van der Waals surface area contributed by atoms with Crippen molar-refractivity contribution in [2.75, 3.05) is 6.54 Å². The van der Waals surface area contributed by atoms with Crippen molar-refractivity contribution in [1.82, 2.24) is 5.32 Å². The molecule has 1 aromatic carbocycles. The summed E-state index contributed by atoms with van der Waals surface area (Å²) in [5, 5.41) is 12.3. The predicted molar refractivity (Wildman–Crippen MR) is 73.9 cm³/mol. The van der Waals surface area contributed by atoms with Crippen LogP contribution in [0.2, 0.25) is 0 Å². The van der Waals surface area contributed by atoms with Crippen molar-refractivity contribution in [3.63, 3.8) is 0 Å². The van der Waals surface area contributed by atoms with E-state index in [1.807, 2.05) is 0 Å². The summed E-state index contributed by atoms with van der Waals surface area (Å²) in [6.07, 6.45) is 1.05. The molecule has 1 rings (SSSR count). The Balaban J connectivity index is 2.36. The molecule has 3 nitrogen and oxygen atoms in total. The number of alkyl halides is 1. The van der Waals surface area contributed by atoms with E-state index in [2.05, 4.69) is 19.2 Å². The SMILES string of the molecule is CC(C)CC(Cl)CNC(=O)Cc1ccccc1O. The molecular formula is C14H20ClNO2. The summed E-state index contributed by atoms with van der Waals surface area (Å²) in [4.78, 5) is 11.7. The van der Waals surface area contributed by atoms with Gasteiger partial charge in [0.05, 0.1) is 11.8 Å². The minimum atomic E-state index is -0.120. The Labute approximate surface area is 113 Å². The van der Waals surface area contributed by atoms with Crippen LogP contribution < -0.4 is 5.32 Å². The number of aromatic hydroxyl groups is 1. The van der Waals surface area contributed by atoms with Gasteiger partial charge in [-0.25, -0.2) is 0 Å². The second-order valence-electron chi connectivity index (χ2n) is 4.84. The first kappa shape index (κ1) is 14.8. The number of benzene rings is 1. The molecule has 1 aromatic rings. The van der Waals surface area contributed by atoms with Crippen LogP contribution in [0, 0.1) is 5.92 Å². The molecular weight excluding hydrogens is 250 g/mol. The van der Waals surface area contributed by atoms with Gasteiger partial charge >= 0.3 is 0 Å². The third-order valence-corrected chi connectivity index (χ3v) is 2.92. The van der Waals surface area contributed by atoms with Crippen molar-refractivity contribution < 1.29 is 9.90 Å². The molecule has 0 aromatic heterocycles. The lowest BCUT2D eigenvalue weighted by molar-refractivity contribution is -0.120. The molecule has 18 heavy (non-hydrogen) atoms. The highest BCUT2D eigenvalue weighted by Gasteiger charge is 2.11. The maximum Gasteiger partial charge on any atom is 0.224 e. The first-order valence-corrected chi connectivity index (χ1v) is 6.60. The second-order valence-corrected chi connectivity index (χ2v) is 5.45. The minimum Gasteiger partial charge on any atom is -0.508 e. The zero-order valence-corrected chi connectivity index (χ0v) is 11.6. The normalized spacial score (nSPS) is 12.4. The quantitative estimate of drug-likeness (QED) is 0.780. The molecule has 0 saturated carbocycles. The van der Waals surface area contributed by atoms with Crippen molar-refractivity contribution in [3.05, 3.63) is 29.8 Å². The minimum absolute atomic E-state index is 0.0432. The van der Waals surface area contributed by atoms with E-state index in [1.54, 1.807) is 24.3 Å². The number of carbonyl (C=O) groups is 1. The Hall–Kier alpha value is -1.22. The lowest BCUT2D eigenvalue weighted by Crippen LogP contribution is -2.31. The predicted octanol–water partition coefficient (Wildman–Crippen LogP) is 2.70. The monoisotopic (exact) mass is 269 g/mol. The number of nitrogens with one attached hydrogen (secondary N) is 1. The van der Waals surface area contributed by atoms with Crippen molar-refractivity contribution in [2.45, 2.75) is 32.1 Å². The van der Waals surface area contributed by atoms with Crippen LogP contribution in [-0.2, 0) is 11.2 Å². The number of carbonyl (C=O) groups excluding carboxylic acids is 1. The maximum atomic E-state index is 11.7. The van der Waals surface area contributed by atoms with Crippen LogP contribution >= 0.6 is 11.6 Å². The highest BCUT2D eigenvalue weighted by molar-refractivity contribution is 6.20. The molecule has 1 atom stereocenters. The lowest BCUT2D eigenvalue weighted by Gasteiger charge is -2.13. The third-order valence-electron chi connectivity index (χ3n) is 2.59. The van der Waals surface area contributed by atoms with Crippen LogP contribution in [0.5, 0.6) is 5.75 Å². The molecule has 0 fully saturated rings. The highest BCUT2D eigenvalue weighted by atomic mass is 35.5. The molecule has 0 radical (unpaired) electrons. The molecule has 0 bridgehead atoms. The maximum absolute atomic E-state index is 11.7. The molecule has 1 unspecified atom stereocenters. The third kappa shape index (κ3) is 5.41. The second kappa shape index (κ2) is 7.27. The molecule has 100 valence electrons. The van der Waals surface area contributed by atoms with Gasteiger partial charge in [-0.2, -0.15) is 0 Å². The van der Waals surface area contributed by atoms with Crippen molar-refractivity contribution >= 4 is 17.5 Å². The van der Waals surface area contributed by atoms with Gasteiger partial charge in [0, 0.05) is 12.1 Å². The molecule has 0 aliphatic carbocycles.